The van der Waals surface area contributed by atoms with E-state index in [9.17, 15) is 4.39 Å². The van der Waals surface area contributed by atoms with E-state index in [4.69, 9.17) is 23.2 Å². The standard InChI is InChI=1S/C12H8BrCl2FN2/c1-2-10-17-8(5-9(14)18-10)6-3-4-7(13)11(15)12(6)16/h3-5H,2H2,1H3. The van der Waals surface area contributed by atoms with Crippen molar-refractivity contribution in [2.24, 2.45) is 0 Å². The van der Waals surface area contributed by atoms with E-state index in [2.05, 4.69) is 25.9 Å². The fourth-order valence-electron chi connectivity index (χ4n) is 1.48. The molecule has 6 heteroatoms. The summed E-state index contributed by atoms with van der Waals surface area (Å²) in [5.74, 6) is 0.0406. The van der Waals surface area contributed by atoms with Gasteiger partial charge in [-0.25, -0.2) is 14.4 Å². The Morgan fingerprint density at radius 1 is 1.28 bits per heavy atom. The summed E-state index contributed by atoms with van der Waals surface area (Å²) in [4.78, 5) is 8.28. The number of hydrogen-bond acceptors (Lipinski definition) is 2. The van der Waals surface area contributed by atoms with Crippen molar-refractivity contribution < 1.29 is 4.39 Å². The smallest absolute Gasteiger partial charge is 0.152 e. The van der Waals surface area contributed by atoms with Gasteiger partial charge in [-0.2, -0.15) is 0 Å². The molecule has 0 fully saturated rings. The molecule has 1 aromatic carbocycles. The highest BCUT2D eigenvalue weighted by atomic mass is 79.9. The zero-order chi connectivity index (χ0) is 13.3. The second-order valence-electron chi connectivity index (χ2n) is 3.57. The predicted molar refractivity (Wildman–Crippen MR) is 74.5 cm³/mol. The summed E-state index contributed by atoms with van der Waals surface area (Å²) >= 11 is 14.9. The number of aromatic nitrogens is 2. The normalized spacial score (nSPS) is 10.7. The monoisotopic (exact) mass is 348 g/mol. The number of rotatable bonds is 2. The van der Waals surface area contributed by atoms with Crippen LogP contribution in [-0.2, 0) is 6.42 Å². The zero-order valence-corrected chi connectivity index (χ0v) is 12.4. The maximum Gasteiger partial charge on any atom is 0.152 e. The van der Waals surface area contributed by atoms with Gasteiger partial charge in [-0.1, -0.05) is 30.1 Å². The third-order valence-corrected chi connectivity index (χ3v) is 3.82. The molecule has 0 unspecified atom stereocenters. The summed E-state index contributed by atoms with van der Waals surface area (Å²) in [5, 5.41) is 0.315. The third-order valence-electron chi connectivity index (χ3n) is 2.37. The molecule has 94 valence electrons. The lowest BCUT2D eigenvalue weighted by Gasteiger charge is -2.07. The number of nitrogens with zero attached hydrogens (tertiary/aromatic N) is 2. The molecule has 1 aromatic heterocycles. The molecule has 0 radical (unpaired) electrons. The molecule has 0 aliphatic heterocycles. The molecule has 0 amide bonds. The second-order valence-corrected chi connectivity index (χ2v) is 5.19. The van der Waals surface area contributed by atoms with Gasteiger partial charge in [0.25, 0.3) is 0 Å². The van der Waals surface area contributed by atoms with E-state index >= 15 is 0 Å². The molecule has 0 N–H and O–H groups in total. The lowest BCUT2D eigenvalue weighted by atomic mass is 10.1. The van der Waals surface area contributed by atoms with Crippen LogP contribution in [0.25, 0.3) is 11.3 Å². The van der Waals surface area contributed by atoms with Crippen LogP contribution in [0.1, 0.15) is 12.7 Å². The van der Waals surface area contributed by atoms with Gasteiger partial charge in [0.05, 0.1) is 10.7 Å². The van der Waals surface area contributed by atoms with Crippen molar-refractivity contribution in [3.05, 3.63) is 44.5 Å². The number of benzene rings is 1. The van der Waals surface area contributed by atoms with Gasteiger partial charge in [0.1, 0.15) is 11.0 Å². The quantitative estimate of drug-likeness (QED) is 0.568. The van der Waals surface area contributed by atoms with E-state index in [-0.39, 0.29) is 10.2 Å². The van der Waals surface area contributed by atoms with Crippen LogP contribution in [-0.4, -0.2) is 9.97 Å². The average molecular weight is 350 g/mol. The Morgan fingerprint density at radius 2 is 2.00 bits per heavy atom. The van der Waals surface area contributed by atoms with Crippen LogP contribution in [0.15, 0.2) is 22.7 Å². The van der Waals surface area contributed by atoms with Crippen molar-refractivity contribution in [2.45, 2.75) is 13.3 Å². The maximum atomic E-state index is 14.1. The molecule has 2 rings (SSSR count). The van der Waals surface area contributed by atoms with Crippen LogP contribution in [0.2, 0.25) is 10.2 Å². The van der Waals surface area contributed by atoms with Crippen LogP contribution in [0.4, 0.5) is 4.39 Å². The van der Waals surface area contributed by atoms with E-state index < -0.39 is 5.82 Å². The van der Waals surface area contributed by atoms with E-state index in [1.807, 2.05) is 6.92 Å². The molecule has 0 saturated heterocycles. The SMILES string of the molecule is CCc1nc(Cl)cc(-c2ccc(Br)c(Cl)c2F)n1. The van der Waals surface area contributed by atoms with Crippen molar-refractivity contribution in [3.8, 4) is 11.3 Å². The van der Waals surface area contributed by atoms with Crippen molar-refractivity contribution in [3.63, 3.8) is 0 Å². The number of aryl methyl sites for hydroxylation is 1. The molecule has 1 heterocycles. The molecule has 2 aromatic rings. The highest BCUT2D eigenvalue weighted by Gasteiger charge is 2.14. The Bertz CT molecular complexity index is 605. The topological polar surface area (TPSA) is 25.8 Å². The first-order valence-corrected chi connectivity index (χ1v) is 6.75. The molecular formula is C12H8BrCl2FN2. The van der Waals surface area contributed by atoms with Gasteiger partial charge in [0.2, 0.25) is 0 Å². The largest absolute Gasteiger partial charge is 0.233 e. The van der Waals surface area contributed by atoms with Crippen molar-refractivity contribution in [1.29, 1.82) is 0 Å². The van der Waals surface area contributed by atoms with Crippen LogP contribution in [0.5, 0.6) is 0 Å². The molecule has 0 spiro atoms. The first-order valence-electron chi connectivity index (χ1n) is 5.20. The van der Waals surface area contributed by atoms with Crippen molar-refractivity contribution in [2.75, 3.05) is 0 Å². The lowest BCUT2D eigenvalue weighted by Crippen LogP contribution is -1.97. The van der Waals surface area contributed by atoms with E-state index in [0.29, 0.717) is 28.0 Å². The Labute approximate surface area is 122 Å². The highest BCUT2D eigenvalue weighted by Crippen LogP contribution is 2.32. The minimum absolute atomic E-state index is 0.0280. The average Bonchev–Trinajstić information content (AvgIpc) is 2.35. The van der Waals surface area contributed by atoms with Gasteiger partial charge in [-0.3, -0.25) is 0 Å². The van der Waals surface area contributed by atoms with Gasteiger partial charge < -0.3 is 0 Å². The maximum absolute atomic E-state index is 14.1. The first-order chi connectivity index (χ1) is 8.52. The summed E-state index contributed by atoms with van der Waals surface area (Å²) in [5.41, 5.74) is 0.737. The molecule has 0 aliphatic carbocycles. The van der Waals surface area contributed by atoms with Gasteiger partial charge in [-0.15, -0.1) is 0 Å². The fraction of sp³-hybridized carbons (Fsp3) is 0.167. The van der Waals surface area contributed by atoms with Crippen LogP contribution in [0.3, 0.4) is 0 Å². The van der Waals surface area contributed by atoms with E-state index in [0.717, 1.165) is 0 Å². The minimum atomic E-state index is -0.525. The molecule has 0 saturated carbocycles. The Hall–Kier alpha value is -0.710. The van der Waals surface area contributed by atoms with Gasteiger partial charge >= 0.3 is 0 Å². The molecular weight excluding hydrogens is 342 g/mol. The Kier molecular flexibility index (Phi) is 4.20. The Balaban J connectivity index is 2.62. The summed E-state index contributed by atoms with van der Waals surface area (Å²) in [6.45, 7) is 1.90. The zero-order valence-electron chi connectivity index (χ0n) is 9.35. The summed E-state index contributed by atoms with van der Waals surface area (Å²) in [7, 11) is 0. The molecule has 0 aliphatic rings. The van der Waals surface area contributed by atoms with Crippen LogP contribution >= 0.6 is 39.1 Å². The predicted octanol–water partition coefficient (Wildman–Crippen LogP) is 4.91. The Morgan fingerprint density at radius 3 is 2.67 bits per heavy atom. The van der Waals surface area contributed by atoms with Gasteiger partial charge in [0, 0.05) is 22.5 Å². The first kappa shape index (κ1) is 13.7. The second kappa shape index (κ2) is 5.51. The highest BCUT2D eigenvalue weighted by molar-refractivity contribution is 9.10. The van der Waals surface area contributed by atoms with Crippen molar-refractivity contribution in [1.82, 2.24) is 9.97 Å². The summed E-state index contributed by atoms with van der Waals surface area (Å²) in [6, 6.07) is 4.79. The van der Waals surface area contributed by atoms with E-state index in [1.165, 1.54) is 6.07 Å². The van der Waals surface area contributed by atoms with Gasteiger partial charge in [-0.05, 0) is 28.1 Å². The third kappa shape index (κ3) is 2.66. The van der Waals surface area contributed by atoms with Gasteiger partial charge in [0.15, 0.2) is 5.82 Å². The number of hydrogen-bond donors (Lipinski definition) is 0. The fourth-order valence-corrected chi connectivity index (χ4v) is 2.16. The minimum Gasteiger partial charge on any atom is -0.233 e. The molecule has 18 heavy (non-hydrogen) atoms. The van der Waals surface area contributed by atoms with Crippen LogP contribution in [0, 0.1) is 5.82 Å². The van der Waals surface area contributed by atoms with E-state index in [1.54, 1.807) is 12.1 Å². The molecule has 2 nitrogen and oxygen atoms in total. The molecule has 0 bridgehead atoms. The van der Waals surface area contributed by atoms with Crippen molar-refractivity contribution >= 4 is 39.1 Å². The number of halogens is 4. The molecule has 0 atom stereocenters. The lowest BCUT2D eigenvalue weighted by molar-refractivity contribution is 0.630. The summed E-state index contributed by atoms with van der Waals surface area (Å²) in [6.07, 6.45) is 0.624. The van der Waals surface area contributed by atoms with Crippen LogP contribution < -0.4 is 0 Å². The summed E-state index contributed by atoms with van der Waals surface area (Å²) < 4.78 is 14.6.